The predicted octanol–water partition coefficient (Wildman–Crippen LogP) is 2.00. The van der Waals surface area contributed by atoms with E-state index in [1.54, 1.807) is 11.8 Å². The molecule has 6 nitrogen and oxygen atoms in total. The number of nitrogens with zero attached hydrogens (tertiary/aromatic N) is 2. The molecule has 2 fully saturated rings. The summed E-state index contributed by atoms with van der Waals surface area (Å²) in [6.45, 7) is 2.85. The van der Waals surface area contributed by atoms with E-state index in [0.29, 0.717) is 25.1 Å². The van der Waals surface area contributed by atoms with E-state index in [-0.39, 0.29) is 12.5 Å². The highest BCUT2D eigenvalue weighted by molar-refractivity contribution is 6.09. The second-order valence-corrected chi connectivity index (χ2v) is 6.53. The fourth-order valence-electron chi connectivity index (χ4n) is 3.52. The molecule has 2 heterocycles. The predicted molar refractivity (Wildman–Crippen MR) is 89.0 cm³/mol. The number of benzene rings is 1. The Morgan fingerprint density at radius 3 is 2.40 bits per heavy atom. The van der Waals surface area contributed by atoms with Crippen molar-refractivity contribution < 1.29 is 18.8 Å². The number of hydrogen-bond acceptors (Lipinski definition) is 3. The molecule has 2 saturated heterocycles. The van der Waals surface area contributed by atoms with Crippen LogP contribution in [0.2, 0.25) is 0 Å². The molecule has 4 amide bonds. The monoisotopic (exact) mass is 347 g/mol. The number of amides is 4. The number of carbonyl (C=O) groups excluding carboxylic acids is 3. The zero-order valence-corrected chi connectivity index (χ0v) is 14.3. The van der Waals surface area contributed by atoms with Crippen molar-refractivity contribution in [2.75, 3.05) is 19.6 Å². The quantitative estimate of drug-likeness (QED) is 0.847. The Kier molecular flexibility index (Phi) is 4.74. The van der Waals surface area contributed by atoms with E-state index in [2.05, 4.69) is 5.32 Å². The first-order valence-corrected chi connectivity index (χ1v) is 8.66. The normalized spacial score (nSPS) is 23.8. The first kappa shape index (κ1) is 17.4. The molecule has 0 unspecified atom stereocenters. The lowest BCUT2D eigenvalue weighted by Crippen LogP contribution is -2.46. The molecule has 1 aromatic carbocycles. The molecule has 2 aliphatic rings. The van der Waals surface area contributed by atoms with Crippen LogP contribution in [0.5, 0.6) is 0 Å². The van der Waals surface area contributed by atoms with Crippen LogP contribution in [0.4, 0.5) is 9.18 Å². The van der Waals surface area contributed by atoms with Crippen LogP contribution < -0.4 is 5.32 Å². The Bertz CT molecular complexity index is 685. The molecule has 25 heavy (non-hydrogen) atoms. The summed E-state index contributed by atoms with van der Waals surface area (Å²) in [7, 11) is 0. The van der Waals surface area contributed by atoms with Gasteiger partial charge in [0.25, 0.3) is 5.91 Å². The van der Waals surface area contributed by atoms with Crippen LogP contribution in [0.15, 0.2) is 24.3 Å². The van der Waals surface area contributed by atoms with E-state index in [1.807, 2.05) is 0 Å². The van der Waals surface area contributed by atoms with Gasteiger partial charge in [-0.3, -0.25) is 14.5 Å². The summed E-state index contributed by atoms with van der Waals surface area (Å²) >= 11 is 0. The Morgan fingerprint density at radius 2 is 1.80 bits per heavy atom. The van der Waals surface area contributed by atoms with Gasteiger partial charge in [-0.05, 0) is 43.4 Å². The number of rotatable bonds is 4. The van der Waals surface area contributed by atoms with E-state index in [4.69, 9.17) is 0 Å². The Hall–Kier alpha value is -2.44. The van der Waals surface area contributed by atoms with Crippen molar-refractivity contribution in [2.24, 2.45) is 0 Å². The van der Waals surface area contributed by atoms with Crippen molar-refractivity contribution in [3.05, 3.63) is 35.6 Å². The van der Waals surface area contributed by atoms with E-state index in [9.17, 15) is 18.8 Å². The van der Waals surface area contributed by atoms with Crippen molar-refractivity contribution >= 4 is 17.8 Å². The lowest BCUT2D eigenvalue weighted by molar-refractivity contribution is -0.139. The topological polar surface area (TPSA) is 69.7 Å². The smallest absolute Gasteiger partial charge is 0.325 e. The van der Waals surface area contributed by atoms with Crippen molar-refractivity contribution in [1.29, 1.82) is 0 Å². The summed E-state index contributed by atoms with van der Waals surface area (Å²) < 4.78 is 13.2. The van der Waals surface area contributed by atoms with Gasteiger partial charge in [-0.15, -0.1) is 0 Å². The molecule has 3 rings (SSSR count). The SMILES string of the molecule is CC[C@@]1(c2ccc(F)cc2)NC(=O)N(CC(=O)N2CCCCC2)C1=O. The number of halogens is 1. The third-order valence-corrected chi connectivity index (χ3v) is 5.05. The van der Waals surface area contributed by atoms with Gasteiger partial charge in [0, 0.05) is 13.1 Å². The molecule has 0 radical (unpaired) electrons. The fourth-order valence-corrected chi connectivity index (χ4v) is 3.52. The van der Waals surface area contributed by atoms with E-state index in [1.165, 1.54) is 24.3 Å². The number of nitrogens with one attached hydrogen (secondary N) is 1. The summed E-state index contributed by atoms with van der Waals surface area (Å²) in [5, 5.41) is 2.71. The summed E-state index contributed by atoms with van der Waals surface area (Å²) in [5.41, 5.74) is -0.727. The zero-order valence-electron chi connectivity index (χ0n) is 14.3. The maximum atomic E-state index is 13.2. The number of piperidine rings is 1. The highest BCUT2D eigenvalue weighted by Gasteiger charge is 2.51. The summed E-state index contributed by atoms with van der Waals surface area (Å²) in [5.74, 6) is -1.09. The first-order valence-electron chi connectivity index (χ1n) is 8.66. The molecule has 0 aromatic heterocycles. The van der Waals surface area contributed by atoms with E-state index in [0.717, 1.165) is 24.2 Å². The molecule has 1 aromatic rings. The summed E-state index contributed by atoms with van der Waals surface area (Å²) in [6.07, 6.45) is 3.30. The molecular formula is C18H22FN3O3. The van der Waals surface area contributed by atoms with Gasteiger partial charge in [0.2, 0.25) is 5.91 Å². The van der Waals surface area contributed by atoms with E-state index >= 15 is 0 Å². The lowest BCUT2D eigenvalue weighted by atomic mass is 9.87. The van der Waals surface area contributed by atoms with Crippen molar-refractivity contribution in [1.82, 2.24) is 15.1 Å². The molecule has 0 bridgehead atoms. The van der Waals surface area contributed by atoms with E-state index < -0.39 is 23.3 Å². The fraction of sp³-hybridized carbons (Fsp3) is 0.500. The van der Waals surface area contributed by atoms with Crippen LogP contribution in [0.25, 0.3) is 0 Å². The molecule has 0 aliphatic carbocycles. The number of imide groups is 1. The first-order chi connectivity index (χ1) is 12.0. The minimum absolute atomic E-state index is 0.214. The molecule has 2 aliphatic heterocycles. The highest BCUT2D eigenvalue weighted by Crippen LogP contribution is 2.32. The van der Waals surface area contributed by atoms with Crippen LogP contribution in [-0.2, 0) is 15.1 Å². The van der Waals surface area contributed by atoms with Crippen LogP contribution in [0, 0.1) is 5.82 Å². The number of urea groups is 1. The second kappa shape index (κ2) is 6.82. The van der Waals surface area contributed by atoms with Crippen LogP contribution in [0.1, 0.15) is 38.2 Å². The van der Waals surface area contributed by atoms with Crippen molar-refractivity contribution in [2.45, 2.75) is 38.1 Å². The minimum atomic E-state index is -1.24. The highest BCUT2D eigenvalue weighted by atomic mass is 19.1. The zero-order chi connectivity index (χ0) is 18.0. The van der Waals surface area contributed by atoms with Gasteiger partial charge >= 0.3 is 6.03 Å². The van der Waals surface area contributed by atoms with Gasteiger partial charge < -0.3 is 10.2 Å². The number of likely N-dealkylation sites (tertiary alicyclic amines) is 1. The molecule has 7 heteroatoms. The van der Waals surface area contributed by atoms with Gasteiger partial charge in [-0.1, -0.05) is 19.1 Å². The van der Waals surface area contributed by atoms with Gasteiger partial charge in [0.05, 0.1) is 0 Å². The average molecular weight is 347 g/mol. The van der Waals surface area contributed by atoms with Crippen molar-refractivity contribution in [3.8, 4) is 0 Å². The lowest BCUT2D eigenvalue weighted by Gasteiger charge is -2.28. The number of carbonyl (C=O) groups is 3. The summed E-state index contributed by atoms with van der Waals surface area (Å²) in [6, 6.07) is 4.92. The Balaban J connectivity index is 1.80. The van der Waals surface area contributed by atoms with Crippen LogP contribution in [0.3, 0.4) is 0 Å². The van der Waals surface area contributed by atoms with Gasteiger partial charge in [0.1, 0.15) is 17.9 Å². The Labute approximate surface area is 146 Å². The third kappa shape index (κ3) is 3.10. The molecule has 1 N–H and O–H groups in total. The molecule has 0 spiro atoms. The number of hydrogen-bond donors (Lipinski definition) is 1. The van der Waals surface area contributed by atoms with Gasteiger partial charge in [-0.25, -0.2) is 9.18 Å². The third-order valence-electron chi connectivity index (χ3n) is 5.05. The summed E-state index contributed by atoms with van der Waals surface area (Å²) in [4.78, 5) is 40.4. The van der Waals surface area contributed by atoms with Gasteiger partial charge in [0.15, 0.2) is 0 Å². The van der Waals surface area contributed by atoms with Gasteiger partial charge in [-0.2, -0.15) is 0 Å². The Morgan fingerprint density at radius 1 is 1.16 bits per heavy atom. The average Bonchev–Trinajstić information content (AvgIpc) is 2.88. The minimum Gasteiger partial charge on any atom is -0.341 e. The molecule has 0 saturated carbocycles. The molecular weight excluding hydrogens is 325 g/mol. The molecule has 1 atom stereocenters. The maximum absolute atomic E-state index is 13.2. The van der Waals surface area contributed by atoms with Crippen LogP contribution in [-0.4, -0.2) is 47.3 Å². The second-order valence-electron chi connectivity index (χ2n) is 6.53. The molecule has 134 valence electrons. The largest absolute Gasteiger partial charge is 0.341 e. The maximum Gasteiger partial charge on any atom is 0.325 e. The van der Waals surface area contributed by atoms with Crippen molar-refractivity contribution in [3.63, 3.8) is 0 Å². The van der Waals surface area contributed by atoms with Crippen LogP contribution >= 0.6 is 0 Å². The standard InChI is InChI=1S/C18H22FN3O3/c1-2-18(13-6-8-14(19)9-7-13)16(24)22(17(25)20-18)12-15(23)21-10-4-3-5-11-21/h6-9H,2-5,10-12H2,1H3,(H,20,25)/t18-/m0/s1.